The van der Waals surface area contributed by atoms with Gasteiger partial charge in [0, 0.05) is 82.6 Å². The van der Waals surface area contributed by atoms with Crippen LogP contribution in [0.25, 0.3) is 10.9 Å². The van der Waals surface area contributed by atoms with Crippen molar-refractivity contribution < 1.29 is 33.4 Å². The lowest BCUT2D eigenvalue weighted by atomic mass is 9.93. The molecule has 4 aliphatic rings. The number of amides is 5. The van der Waals surface area contributed by atoms with Crippen LogP contribution in [-0.2, 0) is 11.8 Å². The van der Waals surface area contributed by atoms with Crippen molar-refractivity contribution in [2.45, 2.75) is 45.1 Å². The fourth-order valence-corrected chi connectivity index (χ4v) is 9.46. The summed E-state index contributed by atoms with van der Waals surface area (Å²) < 4.78 is 19.1. The lowest BCUT2D eigenvalue weighted by molar-refractivity contribution is -0.120. The molecule has 9 rings (SSSR count). The number of hydrogen-bond donors (Lipinski definition) is 1. The first-order valence-corrected chi connectivity index (χ1v) is 22.3. The van der Waals surface area contributed by atoms with E-state index in [9.17, 15) is 24.4 Å². The molecule has 6 heterocycles. The van der Waals surface area contributed by atoms with Gasteiger partial charge >= 0.3 is 6.03 Å². The van der Waals surface area contributed by atoms with Gasteiger partial charge in [-0.2, -0.15) is 10.4 Å². The van der Waals surface area contributed by atoms with Crippen LogP contribution >= 0.6 is 0 Å². The summed E-state index contributed by atoms with van der Waals surface area (Å²) in [6.45, 7) is 8.52. The van der Waals surface area contributed by atoms with Gasteiger partial charge in [-0.1, -0.05) is 6.07 Å². The summed E-state index contributed by atoms with van der Waals surface area (Å²) in [5.74, 6) is 2.88. The molecule has 0 saturated carbocycles. The molecule has 4 aliphatic heterocycles. The number of rotatable bonds is 14. The van der Waals surface area contributed by atoms with Crippen LogP contribution in [0.4, 0.5) is 22.1 Å². The highest BCUT2D eigenvalue weighted by molar-refractivity contribution is 6.23. The van der Waals surface area contributed by atoms with Crippen LogP contribution < -0.4 is 34.2 Å². The van der Waals surface area contributed by atoms with E-state index in [1.165, 1.54) is 15.5 Å². The van der Waals surface area contributed by atoms with Gasteiger partial charge in [0.1, 0.15) is 17.3 Å². The third-order valence-electron chi connectivity index (χ3n) is 13.0. The molecule has 0 unspecified atom stereocenters. The van der Waals surface area contributed by atoms with Crippen LogP contribution in [0.3, 0.4) is 0 Å². The first-order valence-electron chi connectivity index (χ1n) is 22.3. The minimum absolute atomic E-state index is 0.0715. The lowest BCUT2D eigenvalue weighted by Gasteiger charge is -2.38. The molecule has 0 aliphatic carbocycles. The third-order valence-corrected chi connectivity index (χ3v) is 13.0. The maximum absolute atomic E-state index is 14.2. The van der Waals surface area contributed by atoms with Crippen molar-refractivity contribution in [3.8, 4) is 29.1 Å². The van der Waals surface area contributed by atoms with Crippen molar-refractivity contribution in [2.24, 2.45) is 13.0 Å². The van der Waals surface area contributed by atoms with Gasteiger partial charge in [-0.15, -0.1) is 0 Å². The van der Waals surface area contributed by atoms with Crippen LogP contribution in [-0.4, -0.2) is 114 Å². The maximum Gasteiger partial charge on any atom is 0.329 e. The van der Waals surface area contributed by atoms with Crippen molar-refractivity contribution in [3.63, 3.8) is 0 Å². The Bertz CT molecular complexity index is 2660. The Hall–Kier alpha value is -7.19. The Kier molecular flexibility index (Phi) is 12.3. The molecule has 336 valence electrons. The van der Waals surface area contributed by atoms with Gasteiger partial charge in [-0.05, 0) is 98.8 Å². The fourth-order valence-electron chi connectivity index (χ4n) is 9.46. The number of piperidine rings is 1. The number of imide groups is 2. The zero-order valence-corrected chi connectivity index (χ0v) is 36.9. The van der Waals surface area contributed by atoms with Gasteiger partial charge in [0.25, 0.3) is 11.8 Å². The summed E-state index contributed by atoms with van der Waals surface area (Å²) in [7, 11) is 3.37. The minimum Gasteiger partial charge on any atom is -0.493 e. The van der Waals surface area contributed by atoms with Gasteiger partial charge in [0.15, 0.2) is 17.3 Å². The zero-order valence-electron chi connectivity index (χ0n) is 36.9. The number of nitriles is 1. The van der Waals surface area contributed by atoms with Crippen molar-refractivity contribution in [1.82, 2.24) is 29.9 Å². The monoisotopic (exact) mass is 880 g/mol. The molecule has 2 aromatic heterocycles. The van der Waals surface area contributed by atoms with Crippen LogP contribution in [0.5, 0.6) is 23.0 Å². The molecule has 0 bridgehead atoms. The van der Waals surface area contributed by atoms with E-state index in [4.69, 9.17) is 14.2 Å². The molecule has 0 radical (unpaired) electrons. The Morgan fingerprint density at radius 2 is 1.62 bits per heavy atom. The number of hydrogen-bond acceptors (Lipinski definition) is 13. The number of urea groups is 1. The van der Waals surface area contributed by atoms with Gasteiger partial charge in [-0.3, -0.25) is 39.1 Å². The summed E-state index contributed by atoms with van der Waals surface area (Å²) in [5.41, 5.74) is 3.19. The summed E-state index contributed by atoms with van der Waals surface area (Å²) in [4.78, 5) is 66.5. The highest BCUT2D eigenvalue weighted by atomic mass is 16.5. The van der Waals surface area contributed by atoms with Crippen molar-refractivity contribution >= 4 is 52.0 Å². The second-order valence-corrected chi connectivity index (χ2v) is 16.8. The predicted molar refractivity (Wildman–Crippen MR) is 243 cm³/mol. The lowest BCUT2D eigenvalue weighted by Crippen LogP contribution is -2.49. The number of nitrogens with zero attached hydrogens (tertiary/aromatic N) is 9. The maximum atomic E-state index is 14.2. The fraction of sp³-hybridized carbons (Fsp3) is 0.396. The zero-order chi connectivity index (χ0) is 45.2. The number of fused-ring (bicyclic) bond motifs is 2. The van der Waals surface area contributed by atoms with Gasteiger partial charge < -0.3 is 24.0 Å². The highest BCUT2D eigenvalue weighted by Crippen LogP contribution is 2.40. The summed E-state index contributed by atoms with van der Waals surface area (Å²) in [5, 5.41) is 17.5. The van der Waals surface area contributed by atoms with E-state index in [0.29, 0.717) is 71.2 Å². The SMILES string of the molecule is CCOc1cc([C@@H](CC#N)N2C(=O)c3ccnc(N4CCN(CCC5CCN(c6ccc(Oc7ccc8c(N9CCC(=O)NC9=O)nn(C)c8c7)cc6)CC5)CC4)c3C2=O)ccc1OC. The first-order chi connectivity index (χ1) is 31.6. The molecule has 3 fully saturated rings. The molecule has 5 amide bonds. The van der Waals surface area contributed by atoms with E-state index in [1.54, 1.807) is 42.3 Å². The average molecular weight is 881 g/mol. The molecule has 3 aromatic carbocycles. The summed E-state index contributed by atoms with van der Waals surface area (Å²) in [6.07, 6.45) is 5.10. The van der Waals surface area contributed by atoms with Gasteiger partial charge in [0.2, 0.25) is 5.91 Å². The number of aromatic nitrogens is 3. The Labute approximate surface area is 377 Å². The number of carbonyl (C=O) groups excluding carboxylic acids is 4. The molecule has 3 saturated heterocycles. The average Bonchev–Trinajstić information content (AvgIpc) is 3.78. The Balaban J connectivity index is 0.754. The number of anilines is 3. The first kappa shape index (κ1) is 43.1. The van der Waals surface area contributed by atoms with Crippen LogP contribution in [0.2, 0.25) is 0 Å². The highest BCUT2D eigenvalue weighted by Gasteiger charge is 2.44. The number of methoxy groups -OCH3 is 1. The number of nitrogens with one attached hydrogen (secondary N) is 1. The second-order valence-electron chi connectivity index (χ2n) is 16.8. The quantitative estimate of drug-likeness (QED) is 0.123. The smallest absolute Gasteiger partial charge is 0.329 e. The molecule has 1 atom stereocenters. The standard InChI is InChI=1S/C48H52N10O7/c1-4-64-41-29-32(5-12-40(41)63-3)38(13-19-49)58-46(60)37-14-20-50-45(43(37)47(58)61)56-27-25-54(26-28-56)21-15-31-16-22-55(23-17-31)33-6-8-34(9-7-33)65-35-10-11-36-39(30-35)53(2)52-44(36)57-24-18-42(59)51-48(57)62/h5-12,14,20,29-31,38H,4,13,15-18,21-28H2,1-3H3,(H,51,59,62)/t38-/m1/s1. The van der Waals surface area contributed by atoms with E-state index in [2.05, 4.69) is 48.3 Å². The van der Waals surface area contributed by atoms with E-state index < -0.39 is 23.9 Å². The topological polar surface area (TPSA) is 179 Å². The molecule has 17 heteroatoms. The summed E-state index contributed by atoms with van der Waals surface area (Å²) in [6, 6.07) is 21.6. The van der Waals surface area contributed by atoms with Crippen LogP contribution in [0.1, 0.15) is 71.3 Å². The number of aryl methyl sites for hydroxylation is 1. The summed E-state index contributed by atoms with van der Waals surface area (Å²) >= 11 is 0. The number of benzene rings is 3. The second kappa shape index (κ2) is 18.5. The number of ether oxygens (including phenoxy) is 3. The van der Waals surface area contributed by atoms with Crippen LogP contribution in [0.15, 0.2) is 72.9 Å². The molecule has 0 spiro atoms. The Morgan fingerprint density at radius 3 is 2.34 bits per heavy atom. The van der Waals surface area contributed by atoms with Gasteiger partial charge in [0.05, 0.1) is 48.9 Å². The minimum atomic E-state index is -0.805. The Morgan fingerprint density at radius 1 is 0.846 bits per heavy atom. The number of piperazine rings is 1. The van der Waals surface area contributed by atoms with E-state index in [1.807, 2.05) is 44.3 Å². The predicted octanol–water partition coefficient (Wildman–Crippen LogP) is 6.29. The molecule has 17 nitrogen and oxygen atoms in total. The molecular formula is C48H52N10O7. The molecule has 65 heavy (non-hydrogen) atoms. The van der Waals surface area contributed by atoms with Gasteiger partial charge in [-0.25, -0.2) is 9.78 Å². The van der Waals surface area contributed by atoms with Crippen molar-refractivity contribution in [2.75, 3.05) is 80.8 Å². The van der Waals surface area contributed by atoms with E-state index >= 15 is 0 Å². The normalized spacial score (nSPS) is 17.6. The van der Waals surface area contributed by atoms with Crippen molar-refractivity contribution in [1.29, 1.82) is 5.26 Å². The molecular weight excluding hydrogens is 829 g/mol. The van der Waals surface area contributed by atoms with E-state index in [-0.39, 0.29) is 25.3 Å². The van der Waals surface area contributed by atoms with Crippen molar-refractivity contribution in [3.05, 3.63) is 89.6 Å². The van der Waals surface area contributed by atoms with Crippen LogP contribution in [0, 0.1) is 17.2 Å². The molecule has 1 N–H and O–H groups in total. The third kappa shape index (κ3) is 8.61. The number of pyridine rings is 1. The van der Waals surface area contributed by atoms with E-state index in [0.717, 1.165) is 68.6 Å². The number of carbonyl (C=O) groups is 4. The largest absolute Gasteiger partial charge is 0.493 e. The molecule has 5 aromatic rings.